The summed E-state index contributed by atoms with van der Waals surface area (Å²) in [6.45, 7) is 4.25. The Labute approximate surface area is 124 Å². The highest BCUT2D eigenvalue weighted by Crippen LogP contribution is 2.19. The highest BCUT2D eigenvalue weighted by Gasteiger charge is 2.27. The molecule has 1 aliphatic heterocycles. The lowest BCUT2D eigenvalue weighted by Gasteiger charge is -2.34. The van der Waals surface area contributed by atoms with Crippen LogP contribution in [0, 0.1) is 0 Å². The fourth-order valence-electron chi connectivity index (χ4n) is 2.62. The maximum absolute atomic E-state index is 12.6. The highest BCUT2D eigenvalue weighted by atomic mass is 16.2. The number of H-pyrrole nitrogens is 1. The Morgan fingerprint density at radius 1 is 1.24 bits per heavy atom. The Morgan fingerprint density at radius 3 is 2.76 bits per heavy atom. The van der Waals surface area contributed by atoms with Gasteiger partial charge in [-0.3, -0.25) is 4.90 Å². The Balaban J connectivity index is 1.74. The van der Waals surface area contributed by atoms with Crippen molar-refractivity contribution in [2.45, 2.75) is 26.3 Å². The van der Waals surface area contributed by atoms with Crippen molar-refractivity contribution in [1.82, 2.24) is 14.9 Å². The molecule has 1 saturated heterocycles. The summed E-state index contributed by atoms with van der Waals surface area (Å²) < 4.78 is 0. The SMILES string of the molecule is CCc1ncc(N2CCCN(Cc3ccccc3)C2=O)[nH]1. The van der Waals surface area contributed by atoms with Crippen LogP contribution in [0.4, 0.5) is 10.6 Å². The van der Waals surface area contributed by atoms with E-state index in [2.05, 4.69) is 22.1 Å². The van der Waals surface area contributed by atoms with Gasteiger partial charge in [0.1, 0.15) is 11.6 Å². The summed E-state index contributed by atoms with van der Waals surface area (Å²) in [4.78, 5) is 23.8. The summed E-state index contributed by atoms with van der Waals surface area (Å²) in [5.41, 5.74) is 1.16. The summed E-state index contributed by atoms with van der Waals surface area (Å²) in [7, 11) is 0. The fraction of sp³-hybridized carbons (Fsp3) is 0.375. The second-order valence-corrected chi connectivity index (χ2v) is 5.26. The van der Waals surface area contributed by atoms with Crippen LogP contribution < -0.4 is 4.90 Å². The number of benzene rings is 1. The van der Waals surface area contributed by atoms with Crippen LogP contribution >= 0.6 is 0 Å². The maximum Gasteiger partial charge on any atom is 0.325 e. The maximum atomic E-state index is 12.6. The number of rotatable bonds is 4. The van der Waals surface area contributed by atoms with Gasteiger partial charge in [0.25, 0.3) is 0 Å². The lowest BCUT2D eigenvalue weighted by molar-refractivity contribution is 0.192. The first-order valence-electron chi connectivity index (χ1n) is 7.42. The number of urea groups is 1. The topological polar surface area (TPSA) is 52.2 Å². The third kappa shape index (κ3) is 2.91. The first kappa shape index (κ1) is 13.7. The van der Waals surface area contributed by atoms with Crippen molar-refractivity contribution in [2.75, 3.05) is 18.0 Å². The summed E-state index contributed by atoms with van der Waals surface area (Å²) in [5.74, 6) is 1.72. The highest BCUT2D eigenvalue weighted by molar-refractivity contribution is 5.91. The van der Waals surface area contributed by atoms with Gasteiger partial charge in [-0.2, -0.15) is 0 Å². The number of nitrogens with one attached hydrogen (secondary N) is 1. The van der Waals surface area contributed by atoms with E-state index in [0.29, 0.717) is 6.54 Å². The molecule has 2 heterocycles. The van der Waals surface area contributed by atoms with Crippen molar-refractivity contribution in [3.63, 3.8) is 0 Å². The number of imidazole rings is 1. The monoisotopic (exact) mass is 284 g/mol. The number of anilines is 1. The normalized spacial score (nSPS) is 15.6. The molecule has 21 heavy (non-hydrogen) atoms. The molecule has 1 aliphatic rings. The summed E-state index contributed by atoms with van der Waals surface area (Å²) >= 11 is 0. The van der Waals surface area contributed by atoms with Crippen LogP contribution in [0.25, 0.3) is 0 Å². The molecule has 0 saturated carbocycles. The molecule has 0 spiro atoms. The van der Waals surface area contributed by atoms with E-state index in [9.17, 15) is 4.79 Å². The predicted octanol–water partition coefficient (Wildman–Crippen LogP) is 2.80. The molecule has 0 unspecified atom stereocenters. The molecular formula is C16H20N4O. The van der Waals surface area contributed by atoms with E-state index in [1.807, 2.05) is 30.0 Å². The van der Waals surface area contributed by atoms with E-state index < -0.39 is 0 Å². The van der Waals surface area contributed by atoms with E-state index >= 15 is 0 Å². The molecule has 5 nitrogen and oxygen atoms in total. The van der Waals surface area contributed by atoms with Gasteiger partial charge in [-0.1, -0.05) is 37.3 Å². The van der Waals surface area contributed by atoms with Crippen LogP contribution in [0.1, 0.15) is 24.7 Å². The summed E-state index contributed by atoms with van der Waals surface area (Å²) in [5, 5.41) is 0. The van der Waals surface area contributed by atoms with Crippen molar-refractivity contribution in [3.8, 4) is 0 Å². The first-order valence-corrected chi connectivity index (χ1v) is 7.42. The van der Waals surface area contributed by atoms with E-state index in [1.165, 1.54) is 0 Å². The number of amides is 2. The van der Waals surface area contributed by atoms with E-state index in [-0.39, 0.29) is 6.03 Å². The van der Waals surface area contributed by atoms with Crippen molar-refractivity contribution in [3.05, 3.63) is 47.9 Å². The molecule has 2 aromatic rings. The first-order chi connectivity index (χ1) is 10.3. The zero-order valence-corrected chi connectivity index (χ0v) is 12.2. The van der Waals surface area contributed by atoms with Gasteiger partial charge >= 0.3 is 6.03 Å². The number of aromatic nitrogens is 2. The van der Waals surface area contributed by atoms with Crippen molar-refractivity contribution >= 4 is 11.8 Å². The number of hydrogen-bond donors (Lipinski definition) is 1. The Bertz CT molecular complexity index is 608. The molecule has 0 bridgehead atoms. The van der Waals surface area contributed by atoms with Crippen LogP contribution in [0.3, 0.4) is 0 Å². The molecule has 1 N–H and O–H groups in total. The molecule has 0 radical (unpaired) electrons. The van der Waals surface area contributed by atoms with Crippen LogP contribution in [0.2, 0.25) is 0 Å². The van der Waals surface area contributed by atoms with E-state index in [4.69, 9.17) is 0 Å². The molecular weight excluding hydrogens is 264 g/mol. The Hall–Kier alpha value is -2.30. The second-order valence-electron chi connectivity index (χ2n) is 5.26. The van der Waals surface area contributed by atoms with Gasteiger partial charge in [0, 0.05) is 26.1 Å². The average Bonchev–Trinajstić information content (AvgIpc) is 2.99. The van der Waals surface area contributed by atoms with Crippen LogP contribution in [0.15, 0.2) is 36.5 Å². The van der Waals surface area contributed by atoms with Crippen LogP contribution in [0.5, 0.6) is 0 Å². The number of carbonyl (C=O) groups is 1. The van der Waals surface area contributed by atoms with Gasteiger partial charge < -0.3 is 9.88 Å². The molecule has 2 amide bonds. The largest absolute Gasteiger partial charge is 0.328 e. The van der Waals surface area contributed by atoms with Gasteiger partial charge in [-0.05, 0) is 12.0 Å². The molecule has 0 atom stereocenters. The lowest BCUT2D eigenvalue weighted by atomic mass is 10.2. The lowest BCUT2D eigenvalue weighted by Crippen LogP contribution is -2.49. The smallest absolute Gasteiger partial charge is 0.325 e. The van der Waals surface area contributed by atoms with Crippen LogP contribution in [-0.2, 0) is 13.0 Å². The fourth-order valence-corrected chi connectivity index (χ4v) is 2.62. The summed E-state index contributed by atoms with van der Waals surface area (Å²) in [6.07, 6.45) is 3.57. The van der Waals surface area contributed by atoms with E-state index in [1.54, 1.807) is 11.1 Å². The zero-order chi connectivity index (χ0) is 14.7. The second kappa shape index (κ2) is 5.99. The molecule has 1 fully saturated rings. The average molecular weight is 284 g/mol. The minimum Gasteiger partial charge on any atom is -0.328 e. The van der Waals surface area contributed by atoms with Gasteiger partial charge in [0.15, 0.2) is 0 Å². The predicted molar refractivity (Wildman–Crippen MR) is 82.2 cm³/mol. The molecule has 110 valence electrons. The van der Waals surface area contributed by atoms with Gasteiger partial charge in [-0.15, -0.1) is 0 Å². The number of hydrogen-bond acceptors (Lipinski definition) is 2. The Kier molecular flexibility index (Phi) is 3.90. The third-order valence-electron chi connectivity index (χ3n) is 3.77. The molecule has 5 heteroatoms. The Morgan fingerprint density at radius 2 is 2.05 bits per heavy atom. The molecule has 0 aliphatic carbocycles. The molecule has 1 aromatic heterocycles. The number of aryl methyl sites for hydroxylation is 1. The van der Waals surface area contributed by atoms with Crippen molar-refractivity contribution in [2.24, 2.45) is 0 Å². The zero-order valence-electron chi connectivity index (χ0n) is 12.2. The quantitative estimate of drug-likeness (QED) is 0.938. The van der Waals surface area contributed by atoms with Gasteiger partial charge in [0.05, 0.1) is 6.20 Å². The third-order valence-corrected chi connectivity index (χ3v) is 3.77. The standard InChI is InChI=1S/C16H20N4O/c1-2-14-17-11-15(18-14)20-10-6-9-19(16(20)21)12-13-7-4-3-5-8-13/h3-5,7-8,11H,2,6,9-10,12H2,1H3,(H,17,18). The summed E-state index contributed by atoms with van der Waals surface area (Å²) in [6, 6.07) is 10.2. The minimum atomic E-state index is 0.0522. The van der Waals surface area contributed by atoms with Crippen molar-refractivity contribution < 1.29 is 4.79 Å². The van der Waals surface area contributed by atoms with E-state index in [0.717, 1.165) is 43.1 Å². The molecule has 3 rings (SSSR count). The molecule has 1 aromatic carbocycles. The van der Waals surface area contributed by atoms with Crippen LogP contribution in [-0.4, -0.2) is 34.0 Å². The number of nitrogens with zero attached hydrogens (tertiary/aromatic N) is 3. The van der Waals surface area contributed by atoms with Gasteiger partial charge in [0.2, 0.25) is 0 Å². The minimum absolute atomic E-state index is 0.0522. The number of aromatic amines is 1. The number of carbonyl (C=O) groups excluding carboxylic acids is 1. The van der Waals surface area contributed by atoms with Crippen molar-refractivity contribution in [1.29, 1.82) is 0 Å². The van der Waals surface area contributed by atoms with Gasteiger partial charge in [-0.25, -0.2) is 9.78 Å².